The molecule has 0 amide bonds. The second-order valence-electron chi connectivity index (χ2n) is 4.72. The van der Waals surface area contributed by atoms with E-state index in [9.17, 15) is 17.3 Å². The van der Waals surface area contributed by atoms with Crippen molar-refractivity contribution >= 4 is 7.25 Å². The van der Waals surface area contributed by atoms with E-state index < -0.39 is 7.25 Å². The van der Waals surface area contributed by atoms with Gasteiger partial charge in [0.1, 0.15) is 0 Å². The Kier molecular flexibility index (Phi) is 5.52. The number of nitrogens with one attached hydrogen (secondary N) is 1. The maximum absolute atomic E-state index is 9.75. The first kappa shape index (κ1) is 16.7. The van der Waals surface area contributed by atoms with Crippen molar-refractivity contribution in [2.45, 2.75) is 0 Å². The predicted molar refractivity (Wildman–Crippen MR) is 84.1 cm³/mol. The van der Waals surface area contributed by atoms with Crippen molar-refractivity contribution in [3.05, 3.63) is 79.0 Å². The molecule has 6 heteroatoms. The molecule has 23 heavy (non-hydrogen) atoms. The molecule has 1 nitrogen and oxygen atoms in total. The second-order valence-corrected chi connectivity index (χ2v) is 4.72. The van der Waals surface area contributed by atoms with Crippen molar-refractivity contribution in [2.24, 2.45) is 0 Å². The van der Waals surface area contributed by atoms with Gasteiger partial charge in [0.2, 0.25) is 5.69 Å². The van der Waals surface area contributed by atoms with E-state index in [-0.39, 0.29) is 0 Å². The molecule has 0 aliphatic rings. The average Bonchev–Trinajstić information content (AvgIpc) is 2.55. The fourth-order valence-electron chi connectivity index (χ4n) is 2.06. The van der Waals surface area contributed by atoms with Crippen LogP contribution < -0.4 is 4.98 Å². The van der Waals surface area contributed by atoms with Gasteiger partial charge in [0.15, 0.2) is 6.20 Å². The lowest BCUT2D eigenvalue weighted by Gasteiger charge is -2.01. The lowest BCUT2D eigenvalue weighted by atomic mass is 10.0. The van der Waals surface area contributed by atoms with Gasteiger partial charge in [-0.2, -0.15) is 0 Å². The number of benzene rings is 2. The minimum Gasteiger partial charge on any atom is -0.418 e. The molecule has 0 atom stereocenters. The van der Waals surface area contributed by atoms with Crippen LogP contribution >= 0.6 is 0 Å². The predicted octanol–water partition coefficient (Wildman–Crippen LogP) is 5.13. The quantitative estimate of drug-likeness (QED) is 0.459. The molecule has 1 N–H and O–H groups in total. The molecule has 3 rings (SSSR count). The second kappa shape index (κ2) is 7.58. The van der Waals surface area contributed by atoms with Crippen LogP contribution in [0.1, 0.15) is 0 Å². The van der Waals surface area contributed by atoms with Gasteiger partial charge >= 0.3 is 7.25 Å². The summed E-state index contributed by atoms with van der Waals surface area (Å²) in [5, 5.41) is 0. The van der Waals surface area contributed by atoms with E-state index in [1.165, 1.54) is 16.7 Å². The first-order valence-electron chi connectivity index (χ1n) is 6.93. The Labute approximate surface area is 131 Å². The van der Waals surface area contributed by atoms with Gasteiger partial charge in [0.25, 0.3) is 0 Å². The van der Waals surface area contributed by atoms with Crippen LogP contribution in [0.25, 0.3) is 22.4 Å². The molecule has 0 spiro atoms. The first-order chi connectivity index (χ1) is 10.9. The molecule has 0 aliphatic heterocycles. The highest BCUT2D eigenvalue weighted by atomic mass is 19.5. The zero-order valence-electron chi connectivity index (χ0n) is 12.1. The SMILES string of the molecule is F[B-](F)(F)F.c1ccc(-c2cc[nH+]c(-c3ccccc3)c2)cc1. The Bertz CT molecular complexity index is 670. The van der Waals surface area contributed by atoms with Crippen molar-refractivity contribution in [3.63, 3.8) is 0 Å². The maximum atomic E-state index is 9.75. The van der Waals surface area contributed by atoms with Gasteiger partial charge in [-0.05, 0) is 23.3 Å². The van der Waals surface area contributed by atoms with Crippen molar-refractivity contribution in [2.75, 3.05) is 0 Å². The van der Waals surface area contributed by atoms with E-state index >= 15 is 0 Å². The molecule has 118 valence electrons. The smallest absolute Gasteiger partial charge is 0.418 e. The third kappa shape index (κ3) is 5.94. The van der Waals surface area contributed by atoms with Gasteiger partial charge in [-0.3, -0.25) is 0 Å². The molecule has 0 bridgehead atoms. The normalized spacial score (nSPS) is 10.6. The molecule has 0 saturated heterocycles. The van der Waals surface area contributed by atoms with Crippen molar-refractivity contribution < 1.29 is 22.2 Å². The fourth-order valence-corrected chi connectivity index (χ4v) is 2.06. The van der Waals surface area contributed by atoms with Gasteiger partial charge in [0.05, 0.1) is 0 Å². The first-order valence-corrected chi connectivity index (χ1v) is 6.93. The molecule has 0 radical (unpaired) electrons. The minimum atomic E-state index is -6.00. The molecule has 2 aromatic carbocycles. The largest absolute Gasteiger partial charge is 0.673 e. The number of aromatic nitrogens is 1. The number of aromatic amines is 1. The minimum absolute atomic E-state index is 1.14. The van der Waals surface area contributed by atoms with Crippen LogP contribution in [0.15, 0.2) is 79.0 Å². The van der Waals surface area contributed by atoms with Crippen molar-refractivity contribution in [3.8, 4) is 22.4 Å². The molecule has 0 unspecified atom stereocenters. The van der Waals surface area contributed by atoms with Gasteiger partial charge in [0, 0.05) is 17.7 Å². The zero-order chi connectivity index (χ0) is 16.7. The Hall–Kier alpha value is -2.63. The van der Waals surface area contributed by atoms with Crippen molar-refractivity contribution in [1.82, 2.24) is 0 Å². The molecule has 0 aliphatic carbocycles. The third-order valence-electron chi connectivity index (χ3n) is 2.99. The van der Waals surface area contributed by atoms with Crippen LogP contribution in [-0.2, 0) is 0 Å². The number of pyridine rings is 1. The highest BCUT2D eigenvalue weighted by molar-refractivity contribution is 6.50. The summed E-state index contributed by atoms with van der Waals surface area (Å²) in [4.78, 5) is 3.29. The van der Waals surface area contributed by atoms with Gasteiger partial charge in [-0.1, -0.05) is 48.5 Å². The van der Waals surface area contributed by atoms with Crippen LogP contribution in [-0.4, -0.2) is 7.25 Å². The summed E-state index contributed by atoms with van der Waals surface area (Å²) in [6.07, 6.45) is 1.99. The fraction of sp³-hybridized carbons (Fsp3) is 0. The van der Waals surface area contributed by atoms with Crippen LogP contribution in [0.2, 0.25) is 0 Å². The van der Waals surface area contributed by atoms with E-state index in [4.69, 9.17) is 0 Å². The van der Waals surface area contributed by atoms with Gasteiger partial charge in [-0.15, -0.1) is 0 Å². The van der Waals surface area contributed by atoms with Gasteiger partial charge in [-0.25, -0.2) is 4.98 Å². The van der Waals surface area contributed by atoms with E-state index in [1.807, 2.05) is 18.3 Å². The molecule has 3 aromatic rings. The Morgan fingerprint density at radius 2 is 1.09 bits per heavy atom. The number of hydrogen-bond acceptors (Lipinski definition) is 0. The summed E-state index contributed by atoms with van der Waals surface area (Å²) in [6, 6.07) is 25.1. The summed E-state index contributed by atoms with van der Waals surface area (Å²) in [5.41, 5.74) is 4.81. The van der Waals surface area contributed by atoms with Crippen LogP contribution in [0.5, 0.6) is 0 Å². The van der Waals surface area contributed by atoms with E-state index in [1.54, 1.807) is 0 Å². The van der Waals surface area contributed by atoms with Crippen LogP contribution in [0.3, 0.4) is 0 Å². The number of rotatable bonds is 2. The zero-order valence-corrected chi connectivity index (χ0v) is 12.1. The Morgan fingerprint density at radius 3 is 1.61 bits per heavy atom. The lowest BCUT2D eigenvalue weighted by Crippen LogP contribution is -2.05. The highest BCUT2D eigenvalue weighted by Gasteiger charge is 2.20. The summed E-state index contributed by atoms with van der Waals surface area (Å²) >= 11 is 0. The molecular formula is C17H14BF4N. The van der Waals surface area contributed by atoms with E-state index in [0.717, 1.165) is 5.69 Å². The standard InChI is InChI=1S/C17H13N.BF4/c1-3-7-14(8-4-1)16-11-12-18-17(13-16)15-9-5-2-6-10-15;2-1(3,4)5/h1-13H;/q;-1/p+1. The van der Waals surface area contributed by atoms with Gasteiger partial charge < -0.3 is 17.3 Å². The number of H-pyrrole nitrogens is 1. The van der Waals surface area contributed by atoms with Crippen LogP contribution in [0.4, 0.5) is 17.3 Å². The highest BCUT2D eigenvalue weighted by Crippen LogP contribution is 2.22. The molecular weight excluding hydrogens is 305 g/mol. The Balaban J connectivity index is 0.000000338. The maximum Gasteiger partial charge on any atom is 0.673 e. The third-order valence-corrected chi connectivity index (χ3v) is 2.99. The molecule has 0 saturated carbocycles. The Morgan fingerprint density at radius 1 is 0.609 bits per heavy atom. The summed E-state index contributed by atoms with van der Waals surface area (Å²) in [6.45, 7) is 0. The summed E-state index contributed by atoms with van der Waals surface area (Å²) in [7, 11) is -6.00. The van der Waals surface area contributed by atoms with E-state index in [0.29, 0.717) is 0 Å². The average molecular weight is 319 g/mol. The van der Waals surface area contributed by atoms with E-state index in [2.05, 4.69) is 65.6 Å². The summed E-state index contributed by atoms with van der Waals surface area (Å²) < 4.78 is 39.0. The summed E-state index contributed by atoms with van der Waals surface area (Å²) in [5.74, 6) is 0. The molecule has 1 aromatic heterocycles. The monoisotopic (exact) mass is 319 g/mol. The number of hydrogen-bond donors (Lipinski definition) is 0. The molecule has 0 fully saturated rings. The number of halogens is 4. The van der Waals surface area contributed by atoms with Crippen molar-refractivity contribution in [1.29, 1.82) is 0 Å². The van der Waals surface area contributed by atoms with Crippen LogP contribution in [0, 0.1) is 0 Å². The molecule has 1 heterocycles. The lowest BCUT2D eigenvalue weighted by molar-refractivity contribution is -0.364. The topological polar surface area (TPSA) is 14.1 Å².